The molecular weight excluding hydrogens is 288 g/mol. The van der Waals surface area contributed by atoms with Crippen LogP contribution in [0.15, 0.2) is 42.5 Å². The quantitative estimate of drug-likeness (QED) is 0.921. The Morgan fingerprint density at radius 1 is 1.26 bits per heavy atom. The van der Waals surface area contributed by atoms with Gasteiger partial charge in [-0.15, -0.1) is 0 Å². The van der Waals surface area contributed by atoms with Crippen LogP contribution in [0.2, 0.25) is 0 Å². The highest BCUT2D eigenvalue weighted by atomic mass is 16.6. The van der Waals surface area contributed by atoms with Crippen molar-refractivity contribution in [3.8, 4) is 5.75 Å². The van der Waals surface area contributed by atoms with Gasteiger partial charge < -0.3 is 10.1 Å². The fourth-order valence-electron chi connectivity index (χ4n) is 3.23. The van der Waals surface area contributed by atoms with Crippen LogP contribution < -0.4 is 10.1 Å². The average molecular weight is 306 g/mol. The molecular formula is C19H18N2O2. The van der Waals surface area contributed by atoms with Gasteiger partial charge in [0, 0.05) is 17.7 Å². The number of aromatic nitrogens is 1. The van der Waals surface area contributed by atoms with Crippen molar-refractivity contribution in [2.45, 2.75) is 25.8 Å². The van der Waals surface area contributed by atoms with Crippen LogP contribution in [0.5, 0.6) is 5.75 Å². The summed E-state index contributed by atoms with van der Waals surface area (Å²) in [6, 6.07) is 11.8. The van der Waals surface area contributed by atoms with Crippen molar-refractivity contribution in [3.05, 3.63) is 65.0 Å². The van der Waals surface area contributed by atoms with Crippen molar-refractivity contribution in [2.75, 3.05) is 0 Å². The van der Waals surface area contributed by atoms with Crippen LogP contribution in [0.25, 0.3) is 6.08 Å². The number of carbonyl (C=O) groups excluding carboxylic acids is 1. The van der Waals surface area contributed by atoms with E-state index in [0.29, 0.717) is 18.1 Å². The molecule has 2 heterocycles. The Labute approximate surface area is 135 Å². The van der Waals surface area contributed by atoms with Gasteiger partial charge in [-0.2, -0.15) is 0 Å². The molecule has 2 atom stereocenters. The van der Waals surface area contributed by atoms with Crippen LogP contribution in [-0.2, 0) is 12.8 Å². The maximum atomic E-state index is 11.7. The summed E-state index contributed by atoms with van der Waals surface area (Å²) in [6.45, 7) is 2.21. The van der Waals surface area contributed by atoms with Gasteiger partial charge in [-0.05, 0) is 36.1 Å². The molecule has 0 saturated carbocycles. The SMILES string of the molecule is CC1C=Cc2nc(C[C@H]3NC(=O)Oc4ccccc43)ccc2C1. The van der Waals surface area contributed by atoms with Gasteiger partial charge in [-0.1, -0.05) is 37.3 Å². The van der Waals surface area contributed by atoms with Gasteiger partial charge in [0.05, 0.1) is 11.7 Å². The van der Waals surface area contributed by atoms with Crippen molar-refractivity contribution in [2.24, 2.45) is 5.92 Å². The van der Waals surface area contributed by atoms with Gasteiger partial charge in [0.2, 0.25) is 0 Å². The molecule has 4 nitrogen and oxygen atoms in total. The molecule has 23 heavy (non-hydrogen) atoms. The van der Waals surface area contributed by atoms with E-state index in [4.69, 9.17) is 9.72 Å². The van der Waals surface area contributed by atoms with E-state index in [9.17, 15) is 4.79 Å². The minimum atomic E-state index is -0.402. The van der Waals surface area contributed by atoms with Gasteiger partial charge in [0.15, 0.2) is 0 Å². The van der Waals surface area contributed by atoms with Gasteiger partial charge in [0.1, 0.15) is 5.75 Å². The zero-order chi connectivity index (χ0) is 15.8. The summed E-state index contributed by atoms with van der Waals surface area (Å²) in [6.07, 6.45) is 5.59. The molecule has 1 N–H and O–H groups in total. The minimum absolute atomic E-state index is 0.107. The third-order valence-electron chi connectivity index (χ3n) is 4.40. The zero-order valence-electron chi connectivity index (χ0n) is 13.0. The molecule has 4 rings (SSSR count). The first-order valence-electron chi connectivity index (χ1n) is 7.93. The van der Waals surface area contributed by atoms with E-state index in [0.717, 1.165) is 23.4 Å². The Morgan fingerprint density at radius 3 is 3.04 bits per heavy atom. The highest BCUT2D eigenvalue weighted by Crippen LogP contribution is 2.31. The van der Waals surface area contributed by atoms with Crippen LogP contribution in [0.4, 0.5) is 4.79 Å². The molecule has 1 aliphatic heterocycles. The fraction of sp³-hybridized carbons (Fsp3) is 0.263. The van der Waals surface area contributed by atoms with Gasteiger partial charge >= 0.3 is 6.09 Å². The lowest BCUT2D eigenvalue weighted by Gasteiger charge is -2.26. The molecule has 0 bridgehead atoms. The summed E-state index contributed by atoms with van der Waals surface area (Å²) in [5.41, 5.74) is 4.31. The Balaban J connectivity index is 1.62. The molecule has 1 aromatic carbocycles. The smallest absolute Gasteiger partial charge is 0.410 e. The molecule has 1 aromatic heterocycles. The molecule has 0 fully saturated rings. The lowest BCUT2D eigenvalue weighted by molar-refractivity contribution is 0.188. The number of ether oxygens (including phenoxy) is 1. The van der Waals surface area contributed by atoms with Crippen molar-refractivity contribution in [1.29, 1.82) is 0 Å². The van der Waals surface area contributed by atoms with Crippen LogP contribution >= 0.6 is 0 Å². The van der Waals surface area contributed by atoms with E-state index in [1.54, 1.807) is 0 Å². The Kier molecular flexibility index (Phi) is 3.37. The first-order chi connectivity index (χ1) is 11.2. The molecule has 116 valence electrons. The van der Waals surface area contributed by atoms with Crippen molar-refractivity contribution >= 4 is 12.2 Å². The third-order valence-corrected chi connectivity index (χ3v) is 4.40. The molecule has 0 spiro atoms. The monoisotopic (exact) mass is 306 g/mol. The second kappa shape index (κ2) is 5.54. The summed E-state index contributed by atoms with van der Waals surface area (Å²) in [4.78, 5) is 16.5. The van der Waals surface area contributed by atoms with E-state index in [1.807, 2.05) is 24.3 Å². The first kappa shape index (κ1) is 14.0. The second-order valence-electron chi connectivity index (χ2n) is 6.22. The van der Waals surface area contributed by atoms with Crippen LogP contribution in [-0.4, -0.2) is 11.1 Å². The number of rotatable bonds is 2. The Bertz CT molecular complexity index is 798. The van der Waals surface area contributed by atoms with E-state index >= 15 is 0 Å². The molecule has 1 amide bonds. The van der Waals surface area contributed by atoms with Crippen molar-refractivity contribution in [1.82, 2.24) is 10.3 Å². The summed E-state index contributed by atoms with van der Waals surface area (Å²) < 4.78 is 5.22. The number of pyridine rings is 1. The van der Waals surface area contributed by atoms with Crippen LogP contribution in [0, 0.1) is 5.92 Å². The number of benzene rings is 1. The molecule has 4 heteroatoms. The number of amides is 1. The van der Waals surface area contributed by atoms with Gasteiger partial charge in [0.25, 0.3) is 0 Å². The Morgan fingerprint density at radius 2 is 2.13 bits per heavy atom. The number of para-hydroxylation sites is 1. The minimum Gasteiger partial charge on any atom is -0.410 e. The number of hydrogen-bond acceptors (Lipinski definition) is 3. The van der Waals surface area contributed by atoms with Crippen LogP contribution in [0.1, 0.15) is 35.5 Å². The summed E-state index contributed by atoms with van der Waals surface area (Å²) in [5, 5.41) is 2.89. The first-order valence-corrected chi connectivity index (χ1v) is 7.93. The summed E-state index contributed by atoms with van der Waals surface area (Å²) in [5.74, 6) is 1.20. The van der Waals surface area contributed by atoms with Crippen molar-refractivity contribution in [3.63, 3.8) is 0 Å². The third kappa shape index (κ3) is 2.72. The number of carbonyl (C=O) groups is 1. The number of nitrogens with zero attached hydrogens (tertiary/aromatic N) is 1. The second-order valence-corrected chi connectivity index (χ2v) is 6.22. The van der Waals surface area contributed by atoms with Crippen LogP contribution in [0.3, 0.4) is 0 Å². The number of allylic oxidation sites excluding steroid dienone is 1. The summed E-state index contributed by atoms with van der Waals surface area (Å²) >= 11 is 0. The number of fused-ring (bicyclic) bond motifs is 2. The number of nitrogens with one attached hydrogen (secondary N) is 1. The number of hydrogen-bond donors (Lipinski definition) is 1. The highest BCUT2D eigenvalue weighted by molar-refractivity contribution is 5.74. The maximum Gasteiger partial charge on any atom is 0.413 e. The standard InChI is InChI=1S/C19H18N2O2/c1-12-6-9-16-13(10-12)7-8-14(20-16)11-17-15-4-2-3-5-18(15)23-19(22)21-17/h2-9,12,17H,10-11H2,1H3,(H,21,22)/t12?,17-/m1/s1. The highest BCUT2D eigenvalue weighted by Gasteiger charge is 2.26. The van der Waals surface area contributed by atoms with E-state index in [2.05, 4.69) is 36.5 Å². The van der Waals surface area contributed by atoms with Crippen molar-refractivity contribution < 1.29 is 9.53 Å². The zero-order valence-corrected chi connectivity index (χ0v) is 13.0. The molecule has 0 radical (unpaired) electrons. The molecule has 1 aliphatic carbocycles. The largest absolute Gasteiger partial charge is 0.413 e. The molecule has 2 aromatic rings. The molecule has 1 unspecified atom stereocenters. The molecule has 2 aliphatic rings. The maximum absolute atomic E-state index is 11.7. The topological polar surface area (TPSA) is 51.2 Å². The lowest BCUT2D eigenvalue weighted by atomic mass is 9.93. The average Bonchev–Trinajstić information content (AvgIpc) is 2.55. The summed E-state index contributed by atoms with van der Waals surface area (Å²) in [7, 11) is 0. The lowest BCUT2D eigenvalue weighted by Crippen LogP contribution is -2.37. The van der Waals surface area contributed by atoms with Gasteiger partial charge in [-0.3, -0.25) is 4.98 Å². The van der Waals surface area contributed by atoms with Gasteiger partial charge in [-0.25, -0.2) is 4.79 Å². The predicted octanol–water partition coefficient (Wildman–Crippen LogP) is 3.67. The van der Waals surface area contributed by atoms with E-state index < -0.39 is 6.09 Å². The Hall–Kier alpha value is -2.62. The normalized spacial score (nSPS) is 21.9. The fourth-order valence-corrected chi connectivity index (χ4v) is 3.23. The van der Waals surface area contributed by atoms with E-state index in [1.165, 1.54) is 5.56 Å². The molecule has 0 saturated heterocycles. The van der Waals surface area contributed by atoms with E-state index in [-0.39, 0.29) is 6.04 Å². The predicted molar refractivity (Wildman–Crippen MR) is 88.2 cm³/mol.